The average Bonchev–Trinajstić information content (AvgIpc) is 3.17. The highest BCUT2D eigenvalue weighted by Crippen LogP contribution is 2.30. The van der Waals surface area contributed by atoms with Gasteiger partial charge in [0.2, 0.25) is 5.91 Å². The summed E-state index contributed by atoms with van der Waals surface area (Å²) in [6, 6.07) is 0. The normalized spacial score (nSPS) is 24.9. The van der Waals surface area contributed by atoms with Gasteiger partial charge >= 0.3 is 5.97 Å². The zero-order valence-corrected chi connectivity index (χ0v) is 15.2. The number of nitrogens with zero attached hydrogens (tertiary/aromatic N) is 2. The predicted octanol–water partition coefficient (Wildman–Crippen LogP) is -0.559. The van der Waals surface area contributed by atoms with E-state index in [0.717, 1.165) is 0 Å². The van der Waals surface area contributed by atoms with Crippen molar-refractivity contribution in [1.29, 1.82) is 0 Å². The van der Waals surface area contributed by atoms with Crippen LogP contribution < -0.4 is 5.32 Å². The summed E-state index contributed by atoms with van der Waals surface area (Å²) in [5.74, 6) is -3.08. The van der Waals surface area contributed by atoms with Crippen LogP contribution in [-0.4, -0.2) is 58.6 Å². The maximum absolute atomic E-state index is 12.2. The molecule has 10 heteroatoms. The number of hydroxylamine groups is 2. The lowest BCUT2D eigenvalue weighted by atomic mass is 9.81. The molecule has 1 N–H and O–H groups in total. The van der Waals surface area contributed by atoms with Gasteiger partial charge in [-0.2, -0.15) is 0 Å². The van der Waals surface area contributed by atoms with Crippen LogP contribution in [0, 0.1) is 11.8 Å². The van der Waals surface area contributed by atoms with Crippen molar-refractivity contribution in [2.75, 3.05) is 13.1 Å². The van der Waals surface area contributed by atoms with Gasteiger partial charge < -0.3 is 10.2 Å². The first-order valence-electron chi connectivity index (χ1n) is 9.23. The van der Waals surface area contributed by atoms with Crippen LogP contribution in [0.5, 0.6) is 0 Å². The molecule has 0 radical (unpaired) electrons. The Kier molecular flexibility index (Phi) is 5.86. The summed E-state index contributed by atoms with van der Waals surface area (Å²) in [6.07, 6.45) is 5.07. The number of amides is 5. The van der Waals surface area contributed by atoms with E-state index in [1.807, 2.05) is 0 Å². The van der Waals surface area contributed by atoms with Gasteiger partial charge in [-0.3, -0.25) is 28.9 Å². The lowest BCUT2D eigenvalue weighted by Crippen LogP contribution is -2.41. The third-order valence-corrected chi connectivity index (χ3v) is 5.16. The Morgan fingerprint density at radius 2 is 1.54 bits per heavy atom. The SMILES string of the molecule is O=C(CNC(=O)C1CCC(CN2C(=O)C=CC2=O)CC1)ON1C(=O)CCC1=O. The van der Waals surface area contributed by atoms with E-state index in [-0.39, 0.29) is 42.4 Å². The molecule has 5 amide bonds. The summed E-state index contributed by atoms with van der Waals surface area (Å²) in [5, 5.41) is 2.91. The van der Waals surface area contributed by atoms with Crippen LogP contribution in [0.4, 0.5) is 0 Å². The van der Waals surface area contributed by atoms with Crippen LogP contribution in [0.1, 0.15) is 38.5 Å². The van der Waals surface area contributed by atoms with E-state index >= 15 is 0 Å². The maximum Gasteiger partial charge on any atom is 0.352 e. The van der Waals surface area contributed by atoms with E-state index in [0.29, 0.717) is 37.3 Å². The van der Waals surface area contributed by atoms with Crippen LogP contribution in [0.15, 0.2) is 12.2 Å². The second-order valence-corrected chi connectivity index (χ2v) is 7.10. The Morgan fingerprint density at radius 3 is 2.11 bits per heavy atom. The molecule has 0 unspecified atom stereocenters. The number of nitrogens with one attached hydrogen (secondary N) is 1. The van der Waals surface area contributed by atoms with E-state index in [1.165, 1.54) is 17.1 Å². The Bertz CT molecular complexity index is 718. The van der Waals surface area contributed by atoms with E-state index in [1.54, 1.807) is 0 Å². The lowest BCUT2D eigenvalue weighted by molar-refractivity contribution is -0.196. The summed E-state index contributed by atoms with van der Waals surface area (Å²) in [4.78, 5) is 75.9. The van der Waals surface area contributed by atoms with Crippen molar-refractivity contribution in [2.45, 2.75) is 38.5 Å². The van der Waals surface area contributed by atoms with Crippen molar-refractivity contribution in [1.82, 2.24) is 15.3 Å². The Balaban J connectivity index is 1.37. The number of rotatable bonds is 6. The van der Waals surface area contributed by atoms with Crippen LogP contribution in [0.25, 0.3) is 0 Å². The van der Waals surface area contributed by atoms with Crippen molar-refractivity contribution in [3.8, 4) is 0 Å². The molecule has 0 aromatic carbocycles. The minimum Gasteiger partial charge on any atom is -0.345 e. The molecule has 0 aromatic heterocycles. The summed E-state index contributed by atoms with van der Waals surface area (Å²) < 4.78 is 0. The molecule has 0 spiro atoms. The van der Waals surface area contributed by atoms with Crippen molar-refractivity contribution < 1.29 is 33.6 Å². The molecule has 28 heavy (non-hydrogen) atoms. The fourth-order valence-electron chi connectivity index (χ4n) is 3.57. The van der Waals surface area contributed by atoms with Gasteiger partial charge in [0.25, 0.3) is 23.6 Å². The lowest BCUT2D eigenvalue weighted by Gasteiger charge is -2.29. The summed E-state index contributed by atoms with van der Waals surface area (Å²) in [6.45, 7) is -0.0818. The number of carbonyl (C=O) groups is 6. The van der Waals surface area contributed by atoms with E-state index < -0.39 is 24.3 Å². The van der Waals surface area contributed by atoms with E-state index in [2.05, 4.69) is 5.32 Å². The third-order valence-electron chi connectivity index (χ3n) is 5.16. The predicted molar refractivity (Wildman–Crippen MR) is 91.5 cm³/mol. The highest BCUT2D eigenvalue weighted by Gasteiger charge is 2.34. The second kappa shape index (κ2) is 8.32. The number of carbonyl (C=O) groups excluding carboxylic acids is 6. The molecular formula is C18H21N3O7. The number of hydrogen-bond acceptors (Lipinski definition) is 7. The van der Waals surface area contributed by atoms with Gasteiger partial charge in [0.1, 0.15) is 6.54 Å². The molecule has 1 saturated carbocycles. The highest BCUT2D eigenvalue weighted by atomic mass is 16.7. The fraction of sp³-hybridized carbons (Fsp3) is 0.556. The zero-order chi connectivity index (χ0) is 20.3. The molecule has 0 aromatic rings. The molecule has 1 saturated heterocycles. The van der Waals surface area contributed by atoms with Crippen molar-refractivity contribution in [3.05, 3.63) is 12.2 Å². The van der Waals surface area contributed by atoms with Crippen molar-refractivity contribution in [2.24, 2.45) is 11.8 Å². The molecule has 0 bridgehead atoms. The van der Waals surface area contributed by atoms with Crippen molar-refractivity contribution >= 4 is 35.5 Å². The number of hydrogen-bond donors (Lipinski definition) is 1. The minimum atomic E-state index is -0.885. The first-order chi connectivity index (χ1) is 13.3. The average molecular weight is 391 g/mol. The van der Waals surface area contributed by atoms with Gasteiger partial charge in [-0.25, -0.2) is 4.79 Å². The Hall–Kier alpha value is -3.04. The molecule has 2 heterocycles. The highest BCUT2D eigenvalue weighted by molar-refractivity contribution is 6.12. The first kappa shape index (κ1) is 19.7. The second-order valence-electron chi connectivity index (χ2n) is 7.10. The Morgan fingerprint density at radius 1 is 0.964 bits per heavy atom. The topological polar surface area (TPSA) is 130 Å². The van der Waals surface area contributed by atoms with E-state index in [4.69, 9.17) is 4.84 Å². The number of imide groups is 2. The molecule has 0 atom stereocenters. The summed E-state index contributed by atoms with van der Waals surface area (Å²) in [7, 11) is 0. The first-order valence-corrected chi connectivity index (χ1v) is 9.23. The van der Waals surface area contributed by atoms with Crippen LogP contribution in [0.3, 0.4) is 0 Å². The third kappa shape index (κ3) is 4.44. The smallest absolute Gasteiger partial charge is 0.345 e. The molecule has 2 aliphatic heterocycles. The molecule has 150 valence electrons. The van der Waals surface area contributed by atoms with Gasteiger partial charge in [-0.15, -0.1) is 5.06 Å². The van der Waals surface area contributed by atoms with Crippen LogP contribution in [-0.2, 0) is 33.6 Å². The quantitative estimate of drug-likeness (QED) is 0.601. The summed E-state index contributed by atoms with van der Waals surface area (Å²) >= 11 is 0. The monoisotopic (exact) mass is 391 g/mol. The minimum absolute atomic E-state index is 0.00635. The molecule has 2 fully saturated rings. The van der Waals surface area contributed by atoms with Gasteiger partial charge in [0.15, 0.2) is 0 Å². The Labute approximate surface area is 160 Å². The molecular weight excluding hydrogens is 370 g/mol. The van der Waals surface area contributed by atoms with Gasteiger partial charge in [-0.1, -0.05) is 0 Å². The largest absolute Gasteiger partial charge is 0.352 e. The standard InChI is InChI=1S/C18H21N3O7/c22-13-5-6-14(23)20(13)10-11-1-3-12(4-2-11)18(27)19-9-17(26)28-21-15(24)7-8-16(21)25/h5-6,11-12H,1-4,7-10H2,(H,19,27). The van der Waals surface area contributed by atoms with Gasteiger partial charge in [0, 0.05) is 37.5 Å². The van der Waals surface area contributed by atoms with Crippen LogP contribution >= 0.6 is 0 Å². The zero-order valence-electron chi connectivity index (χ0n) is 15.2. The van der Waals surface area contributed by atoms with Gasteiger partial charge in [-0.05, 0) is 31.6 Å². The molecule has 3 aliphatic rings. The van der Waals surface area contributed by atoms with Crippen molar-refractivity contribution in [3.63, 3.8) is 0 Å². The maximum atomic E-state index is 12.2. The summed E-state index contributed by atoms with van der Waals surface area (Å²) in [5.41, 5.74) is 0. The molecule has 1 aliphatic carbocycles. The van der Waals surface area contributed by atoms with E-state index in [9.17, 15) is 28.8 Å². The van der Waals surface area contributed by atoms with Gasteiger partial charge in [0.05, 0.1) is 0 Å². The molecule has 10 nitrogen and oxygen atoms in total. The van der Waals surface area contributed by atoms with Crippen LogP contribution in [0.2, 0.25) is 0 Å². The fourth-order valence-corrected chi connectivity index (χ4v) is 3.57. The molecule has 3 rings (SSSR count).